The van der Waals surface area contributed by atoms with Crippen LogP contribution < -0.4 is 9.80 Å². The van der Waals surface area contributed by atoms with E-state index in [1.807, 2.05) is 60.3 Å². The minimum Gasteiger partial charge on any atom is -0.464 e. The third-order valence-electron chi connectivity index (χ3n) is 7.69. The largest absolute Gasteiger partial charge is 0.464 e. The Labute approximate surface area is 304 Å². The van der Waals surface area contributed by atoms with Crippen molar-refractivity contribution >= 4 is 47.4 Å². The molecule has 0 atom stereocenters. The first-order chi connectivity index (χ1) is 25.1. The van der Waals surface area contributed by atoms with E-state index in [1.54, 1.807) is 62.4 Å². The summed E-state index contributed by atoms with van der Waals surface area (Å²) in [5.74, 6) is -2.05. The Morgan fingerprint density at radius 3 is 1.23 bits per heavy atom. The average molecular weight is 707 g/mol. The van der Waals surface area contributed by atoms with Crippen molar-refractivity contribution in [1.29, 1.82) is 10.5 Å². The van der Waals surface area contributed by atoms with E-state index < -0.39 is 11.9 Å². The molecule has 3 aromatic rings. The molecule has 3 rings (SSSR count). The molecule has 0 aromatic heterocycles. The number of esters is 4. The fraction of sp³-hybridized carbons (Fsp3) is 0.300. The summed E-state index contributed by atoms with van der Waals surface area (Å²) in [5, 5.41) is 19.1. The predicted molar refractivity (Wildman–Crippen MR) is 195 cm³/mol. The van der Waals surface area contributed by atoms with E-state index in [0.29, 0.717) is 48.2 Å². The number of nitrogens with zero attached hydrogens (tertiary/aromatic N) is 4. The fourth-order valence-corrected chi connectivity index (χ4v) is 4.50. The van der Waals surface area contributed by atoms with E-state index >= 15 is 0 Å². The lowest BCUT2D eigenvalue weighted by atomic mass is 10.1. The van der Waals surface area contributed by atoms with Crippen LogP contribution in [0.25, 0.3) is 12.2 Å². The minimum absolute atomic E-state index is 0.0769. The molecular formula is C40H42N4O8. The van der Waals surface area contributed by atoms with Crippen LogP contribution in [0.3, 0.4) is 0 Å². The number of ether oxygens (including phenoxy) is 4. The lowest BCUT2D eigenvalue weighted by Gasteiger charge is -2.19. The van der Waals surface area contributed by atoms with E-state index in [-0.39, 0.29) is 49.5 Å². The maximum atomic E-state index is 12.6. The molecule has 270 valence electrons. The predicted octanol–water partition coefficient (Wildman–Crippen LogP) is 5.77. The van der Waals surface area contributed by atoms with Crippen LogP contribution in [0.15, 0.2) is 83.9 Å². The monoisotopic (exact) mass is 706 g/mol. The fourth-order valence-electron chi connectivity index (χ4n) is 4.50. The zero-order chi connectivity index (χ0) is 37.9. The topological polar surface area (TPSA) is 159 Å². The number of nitriles is 2. The maximum Gasteiger partial charge on any atom is 0.349 e. The maximum absolute atomic E-state index is 12.6. The smallest absolute Gasteiger partial charge is 0.349 e. The first-order valence-electron chi connectivity index (χ1n) is 16.7. The summed E-state index contributed by atoms with van der Waals surface area (Å²) in [6, 6.07) is 25.0. The second-order valence-corrected chi connectivity index (χ2v) is 11.5. The number of carbonyl (C=O) groups excluding carboxylic acids is 4. The summed E-state index contributed by atoms with van der Waals surface area (Å²) in [6.07, 6.45) is 3.54. The van der Waals surface area contributed by atoms with E-state index in [2.05, 4.69) is 0 Å². The van der Waals surface area contributed by atoms with Crippen LogP contribution in [0, 0.1) is 22.7 Å². The highest BCUT2D eigenvalue weighted by Gasteiger charge is 2.14. The number of rotatable bonds is 18. The van der Waals surface area contributed by atoms with Crippen molar-refractivity contribution in [2.45, 2.75) is 39.9 Å². The van der Waals surface area contributed by atoms with Crippen LogP contribution in [0.4, 0.5) is 11.4 Å². The Bertz CT molecular complexity index is 1680. The van der Waals surface area contributed by atoms with Gasteiger partial charge in [-0.3, -0.25) is 9.59 Å². The van der Waals surface area contributed by atoms with Gasteiger partial charge >= 0.3 is 23.9 Å². The van der Waals surface area contributed by atoms with Crippen molar-refractivity contribution in [3.63, 3.8) is 0 Å². The van der Waals surface area contributed by atoms with Gasteiger partial charge in [-0.15, -0.1) is 0 Å². The molecule has 12 nitrogen and oxygen atoms in total. The highest BCUT2D eigenvalue weighted by molar-refractivity contribution is 5.98. The molecule has 0 radical (unpaired) electrons. The highest BCUT2D eigenvalue weighted by atomic mass is 16.5. The second kappa shape index (κ2) is 21.0. The molecule has 0 amide bonds. The molecule has 12 heteroatoms. The van der Waals surface area contributed by atoms with E-state index in [1.165, 1.54) is 12.2 Å². The number of likely N-dealkylation sites (N-methyl/N-ethyl adjacent to an activating group) is 2. The van der Waals surface area contributed by atoms with Crippen molar-refractivity contribution in [3.05, 3.63) is 106 Å². The van der Waals surface area contributed by atoms with Crippen molar-refractivity contribution in [3.8, 4) is 12.1 Å². The van der Waals surface area contributed by atoms with Gasteiger partial charge in [0.05, 0.1) is 13.1 Å². The Balaban J connectivity index is 1.48. The number of hydrogen-bond donors (Lipinski definition) is 0. The second-order valence-electron chi connectivity index (χ2n) is 11.5. The van der Waals surface area contributed by atoms with Crippen LogP contribution in [0.1, 0.15) is 48.9 Å². The van der Waals surface area contributed by atoms with Gasteiger partial charge in [0.15, 0.2) is 0 Å². The molecule has 0 aliphatic rings. The Kier molecular flexibility index (Phi) is 16.1. The van der Waals surface area contributed by atoms with E-state index in [9.17, 15) is 29.7 Å². The van der Waals surface area contributed by atoms with Crippen LogP contribution >= 0.6 is 0 Å². The third kappa shape index (κ3) is 13.1. The molecule has 3 aromatic carbocycles. The molecule has 0 spiro atoms. The van der Waals surface area contributed by atoms with Crippen LogP contribution in [-0.2, 0) is 51.3 Å². The van der Waals surface area contributed by atoms with Crippen LogP contribution in [0.2, 0.25) is 0 Å². The van der Waals surface area contributed by atoms with Crippen molar-refractivity contribution in [2.24, 2.45) is 0 Å². The van der Waals surface area contributed by atoms with Crippen molar-refractivity contribution < 1.29 is 38.1 Å². The van der Waals surface area contributed by atoms with Crippen LogP contribution in [-0.4, -0.2) is 64.3 Å². The first kappa shape index (κ1) is 40.0. The van der Waals surface area contributed by atoms with E-state index in [0.717, 1.165) is 11.4 Å². The molecule has 0 N–H and O–H groups in total. The van der Waals surface area contributed by atoms with Gasteiger partial charge < -0.3 is 28.7 Å². The lowest BCUT2D eigenvalue weighted by molar-refractivity contribution is -0.143. The molecule has 0 fully saturated rings. The molecular weight excluding hydrogens is 664 g/mol. The molecule has 0 aliphatic heterocycles. The Morgan fingerprint density at radius 2 is 0.923 bits per heavy atom. The van der Waals surface area contributed by atoms with Crippen LogP contribution in [0.5, 0.6) is 0 Å². The number of carbonyl (C=O) groups is 4. The SMILES string of the molecule is CCC(=O)OCCN(C)c1ccc(/C=C(\C#N)C(=O)OCc2ccc(COC(=O)/C(C#N)=C/c3ccc(N(C)CCOC(=O)CC)cc3)cc2)cc1. The molecule has 52 heavy (non-hydrogen) atoms. The molecule has 0 aliphatic carbocycles. The molecule has 0 saturated heterocycles. The van der Waals surface area contributed by atoms with Crippen molar-refractivity contribution in [1.82, 2.24) is 0 Å². The summed E-state index contributed by atoms with van der Waals surface area (Å²) in [6.45, 7) is 4.89. The zero-order valence-electron chi connectivity index (χ0n) is 29.8. The van der Waals surface area contributed by atoms with Gasteiger partial charge in [-0.1, -0.05) is 62.4 Å². The number of hydrogen-bond acceptors (Lipinski definition) is 12. The van der Waals surface area contributed by atoms with Gasteiger partial charge in [-0.05, 0) is 58.7 Å². The van der Waals surface area contributed by atoms with Gasteiger partial charge in [-0.2, -0.15) is 10.5 Å². The summed E-state index contributed by atoms with van der Waals surface area (Å²) in [5.41, 5.74) is 4.03. The van der Waals surface area contributed by atoms with Gasteiger partial charge in [0.2, 0.25) is 0 Å². The number of anilines is 2. The Hall–Kier alpha value is -6.40. The van der Waals surface area contributed by atoms with Crippen molar-refractivity contribution in [2.75, 3.05) is 50.2 Å². The zero-order valence-corrected chi connectivity index (χ0v) is 29.8. The quantitative estimate of drug-likeness (QED) is 0.0682. The minimum atomic E-state index is -0.772. The van der Waals surface area contributed by atoms with Gasteiger partial charge in [0.25, 0.3) is 0 Å². The van der Waals surface area contributed by atoms with Gasteiger partial charge in [0, 0.05) is 38.3 Å². The standard InChI is InChI=1S/C40H42N4O8/c1-5-37(45)49-21-19-43(3)35-15-11-29(12-16-35)23-33(25-41)39(47)51-27-31-7-9-32(10-8-31)28-52-40(48)34(26-42)24-30-13-17-36(18-14-30)44(4)20-22-50-38(46)6-2/h7-18,23-24H,5-6,19-22,27-28H2,1-4H3/b33-23+,34-24+. The molecule has 0 unspecified atom stereocenters. The molecule has 0 heterocycles. The summed E-state index contributed by atoms with van der Waals surface area (Å²) < 4.78 is 20.9. The normalized spacial score (nSPS) is 11.0. The Morgan fingerprint density at radius 1 is 0.577 bits per heavy atom. The molecule has 0 saturated carbocycles. The summed E-state index contributed by atoms with van der Waals surface area (Å²) in [7, 11) is 3.73. The summed E-state index contributed by atoms with van der Waals surface area (Å²) in [4.78, 5) is 51.8. The van der Waals surface area contributed by atoms with Gasteiger partial charge in [0.1, 0.15) is 49.7 Å². The van der Waals surface area contributed by atoms with E-state index in [4.69, 9.17) is 18.9 Å². The highest BCUT2D eigenvalue weighted by Crippen LogP contribution is 2.18. The average Bonchev–Trinajstić information content (AvgIpc) is 3.17. The lowest BCUT2D eigenvalue weighted by Crippen LogP contribution is -2.23. The third-order valence-corrected chi connectivity index (χ3v) is 7.69. The molecule has 0 bridgehead atoms. The summed E-state index contributed by atoms with van der Waals surface area (Å²) >= 11 is 0. The van der Waals surface area contributed by atoms with Gasteiger partial charge in [-0.25, -0.2) is 9.59 Å². The first-order valence-corrected chi connectivity index (χ1v) is 16.7. The number of benzene rings is 3.